The molecule has 0 radical (unpaired) electrons. The monoisotopic (exact) mass is 565 g/mol. The van der Waals surface area contributed by atoms with Gasteiger partial charge in [0.15, 0.2) is 17.5 Å². The van der Waals surface area contributed by atoms with Gasteiger partial charge in [0.25, 0.3) is 0 Å². The molecule has 4 aromatic heterocycles. The normalized spacial score (nSPS) is 11.6. The molecule has 206 valence electrons. The molecule has 5 aromatic carbocycles. The Morgan fingerprint density at radius 1 is 0.455 bits per heavy atom. The third-order valence-corrected chi connectivity index (χ3v) is 8.11. The summed E-state index contributed by atoms with van der Waals surface area (Å²) in [4.78, 5) is 19.4. The van der Waals surface area contributed by atoms with Crippen molar-refractivity contribution in [2.45, 2.75) is 0 Å². The molecule has 0 bridgehead atoms. The highest BCUT2D eigenvalue weighted by Gasteiger charge is 2.19. The molecule has 9 rings (SSSR count). The van der Waals surface area contributed by atoms with Crippen molar-refractivity contribution in [1.82, 2.24) is 24.5 Å². The van der Waals surface area contributed by atoms with Crippen LogP contribution < -0.4 is 0 Å². The first kappa shape index (κ1) is 24.5. The highest BCUT2D eigenvalue weighted by atomic mass is 16.3. The second-order valence-electron chi connectivity index (χ2n) is 10.7. The number of para-hydroxylation sites is 1. The lowest BCUT2D eigenvalue weighted by atomic mass is 10.1. The smallest absolute Gasteiger partial charge is 0.182 e. The Labute approximate surface area is 251 Å². The van der Waals surface area contributed by atoms with Crippen molar-refractivity contribution < 1.29 is 4.42 Å². The first-order valence-electron chi connectivity index (χ1n) is 14.5. The molecular weight excluding hydrogens is 542 g/mol. The molecule has 0 N–H and O–H groups in total. The van der Waals surface area contributed by atoms with Crippen molar-refractivity contribution in [3.05, 3.63) is 140 Å². The van der Waals surface area contributed by atoms with E-state index >= 15 is 0 Å². The zero-order chi connectivity index (χ0) is 29.0. The van der Waals surface area contributed by atoms with Crippen molar-refractivity contribution >= 4 is 43.7 Å². The van der Waals surface area contributed by atoms with Crippen LogP contribution in [0.4, 0.5) is 0 Å². The number of fused-ring (bicyclic) bond motifs is 2. The van der Waals surface area contributed by atoms with Crippen molar-refractivity contribution in [1.29, 1.82) is 0 Å². The zero-order valence-corrected chi connectivity index (χ0v) is 23.4. The maximum atomic E-state index is 6.49. The lowest BCUT2D eigenvalue weighted by Crippen LogP contribution is -2.02. The summed E-state index contributed by atoms with van der Waals surface area (Å²) < 4.78 is 8.74. The van der Waals surface area contributed by atoms with E-state index in [0.717, 1.165) is 55.2 Å². The topological polar surface area (TPSA) is 69.6 Å². The number of aromatic nitrogens is 5. The van der Waals surface area contributed by atoms with Crippen LogP contribution in [0.25, 0.3) is 83.7 Å². The summed E-state index contributed by atoms with van der Waals surface area (Å²) in [5.41, 5.74) is 7.33. The molecule has 4 heterocycles. The summed E-state index contributed by atoms with van der Waals surface area (Å²) in [6.07, 6.45) is 1.89. The highest BCUT2D eigenvalue weighted by Crippen LogP contribution is 2.40. The standard InChI is InChI=1S/C38H23N5O/c1-3-11-24(12-4-1)36-40-37(25-13-5-2-6-14-25)42-38(41-36)29-22-21-26(23-39-29)43-30-17-9-16-28-27-15-7-8-19-32(27)44-33-20-10-18-31(43)35(33)34(28)30/h1-23H. The number of pyridine rings is 1. The molecule has 0 atom stereocenters. The van der Waals surface area contributed by atoms with Crippen molar-refractivity contribution in [3.8, 4) is 40.0 Å². The van der Waals surface area contributed by atoms with E-state index in [1.807, 2.05) is 97.2 Å². The minimum absolute atomic E-state index is 0.524. The largest absolute Gasteiger partial charge is 0.456 e. The van der Waals surface area contributed by atoms with Crippen LogP contribution in [0.3, 0.4) is 0 Å². The van der Waals surface area contributed by atoms with E-state index in [2.05, 4.69) is 47.0 Å². The molecule has 0 saturated carbocycles. The number of nitrogens with zero attached hydrogens (tertiary/aromatic N) is 5. The minimum atomic E-state index is 0.524. The zero-order valence-electron chi connectivity index (χ0n) is 23.4. The fourth-order valence-electron chi connectivity index (χ4n) is 6.13. The molecule has 0 amide bonds. The third-order valence-electron chi connectivity index (χ3n) is 8.11. The molecule has 0 aliphatic carbocycles. The first-order chi connectivity index (χ1) is 21.8. The molecule has 0 unspecified atom stereocenters. The van der Waals surface area contributed by atoms with Crippen LogP contribution in [0.2, 0.25) is 0 Å². The Balaban J connectivity index is 1.23. The average Bonchev–Trinajstić information content (AvgIpc) is 3.36. The van der Waals surface area contributed by atoms with Crippen LogP contribution in [0, 0.1) is 0 Å². The first-order valence-corrected chi connectivity index (χ1v) is 14.5. The number of hydrogen-bond acceptors (Lipinski definition) is 5. The third kappa shape index (κ3) is 3.82. The van der Waals surface area contributed by atoms with E-state index in [0.29, 0.717) is 23.2 Å². The highest BCUT2D eigenvalue weighted by molar-refractivity contribution is 6.26. The van der Waals surface area contributed by atoms with Gasteiger partial charge in [0, 0.05) is 21.9 Å². The molecule has 9 aromatic rings. The van der Waals surface area contributed by atoms with Gasteiger partial charge in [-0.05, 0) is 41.8 Å². The Morgan fingerprint density at radius 2 is 1.05 bits per heavy atom. The summed E-state index contributed by atoms with van der Waals surface area (Å²) in [6, 6.07) is 44.9. The van der Waals surface area contributed by atoms with Gasteiger partial charge < -0.3 is 8.98 Å². The van der Waals surface area contributed by atoms with Crippen LogP contribution in [-0.4, -0.2) is 24.5 Å². The lowest BCUT2D eigenvalue weighted by Gasteiger charge is -2.10. The van der Waals surface area contributed by atoms with Crippen LogP contribution in [0.5, 0.6) is 0 Å². The molecule has 0 spiro atoms. The van der Waals surface area contributed by atoms with Crippen LogP contribution in [-0.2, 0) is 0 Å². The second-order valence-corrected chi connectivity index (χ2v) is 10.7. The Kier molecular flexibility index (Phi) is 5.40. The average molecular weight is 566 g/mol. The van der Waals surface area contributed by atoms with Gasteiger partial charge in [0.05, 0.1) is 28.3 Å². The van der Waals surface area contributed by atoms with Gasteiger partial charge in [-0.2, -0.15) is 0 Å². The molecule has 0 fully saturated rings. The number of benzene rings is 5. The lowest BCUT2D eigenvalue weighted by molar-refractivity contribution is 0.664. The SMILES string of the molecule is c1ccc(-c2nc(-c3ccccc3)nc(-c3ccc(-n4c5cccc6oc7ccccc7c7cccc4c7c65)cn3)n2)cc1. The van der Waals surface area contributed by atoms with Crippen LogP contribution in [0.1, 0.15) is 0 Å². The van der Waals surface area contributed by atoms with Crippen molar-refractivity contribution in [3.63, 3.8) is 0 Å². The minimum Gasteiger partial charge on any atom is -0.456 e. The van der Waals surface area contributed by atoms with Gasteiger partial charge in [-0.15, -0.1) is 0 Å². The molecule has 0 aliphatic rings. The van der Waals surface area contributed by atoms with E-state index in [9.17, 15) is 0 Å². The Hall–Kier alpha value is -6.14. The number of hydrogen-bond donors (Lipinski definition) is 0. The van der Waals surface area contributed by atoms with Gasteiger partial charge in [-0.1, -0.05) is 97.1 Å². The second kappa shape index (κ2) is 9.71. The van der Waals surface area contributed by atoms with Crippen LogP contribution >= 0.6 is 0 Å². The van der Waals surface area contributed by atoms with E-state index in [4.69, 9.17) is 24.4 Å². The maximum Gasteiger partial charge on any atom is 0.182 e. The molecule has 0 aliphatic heterocycles. The fraction of sp³-hybridized carbons (Fsp3) is 0. The fourth-order valence-corrected chi connectivity index (χ4v) is 6.13. The van der Waals surface area contributed by atoms with Gasteiger partial charge in [-0.3, -0.25) is 4.98 Å². The maximum absolute atomic E-state index is 6.49. The van der Waals surface area contributed by atoms with Crippen molar-refractivity contribution in [2.75, 3.05) is 0 Å². The van der Waals surface area contributed by atoms with E-state index < -0.39 is 0 Å². The predicted molar refractivity (Wildman–Crippen MR) is 176 cm³/mol. The summed E-state index contributed by atoms with van der Waals surface area (Å²) in [7, 11) is 0. The van der Waals surface area contributed by atoms with Crippen LogP contribution in [0.15, 0.2) is 144 Å². The molecule has 6 nitrogen and oxygen atoms in total. The molecule has 6 heteroatoms. The summed E-state index contributed by atoms with van der Waals surface area (Å²) in [5.74, 6) is 1.74. The Bertz CT molecular complexity index is 2420. The van der Waals surface area contributed by atoms with Gasteiger partial charge >= 0.3 is 0 Å². The van der Waals surface area contributed by atoms with Crippen molar-refractivity contribution in [2.24, 2.45) is 0 Å². The molecular formula is C38H23N5O. The number of rotatable bonds is 4. The predicted octanol–water partition coefficient (Wildman–Crippen LogP) is 9.26. The Morgan fingerprint density at radius 3 is 1.75 bits per heavy atom. The van der Waals surface area contributed by atoms with E-state index in [1.165, 1.54) is 5.39 Å². The quantitative estimate of drug-likeness (QED) is 0.213. The summed E-state index contributed by atoms with van der Waals surface area (Å²) >= 11 is 0. The van der Waals surface area contributed by atoms with E-state index in [1.54, 1.807) is 0 Å². The van der Waals surface area contributed by atoms with Gasteiger partial charge in [-0.25, -0.2) is 15.0 Å². The molecule has 0 saturated heterocycles. The summed E-state index contributed by atoms with van der Waals surface area (Å²) in [6.45, 7) is 0. The van der Waals surface area contributed by atoms with E-state index in [-0.39, 0.29) is 0 Å². The van der Waals surface area contributed by atoms with Gasteiger partial charge in [0.2, 0.25) is 0 Å². The summed E-state index contributed by atoms with van der Waals surface area (Å²) in [5, 5.41) is 4.50. The molecule has 44 heavy (non-hydrogen) atoms. The van der Waals surface area contributed by atoms with Gasteiger partial charge in [0.1, 0.15) is 16.9 Å².